The van der Waals surface area contributed by atoms with E-state index in [0.717, 1.165) is 42.1 Å². The number of phenols is 1. The molecule has 0 bridgehead atoms. The number of aromatic hydroxyl groups is 1. The molecule has 5 nitrogen and oxygen atoms in total. The molecule has 2 aliphatic heterocycles. The van der Waals surface area contributed by atoms with Gasteiger partial charge in [0.25, 0.3) is 0 Å². The molecule has 2 atom stereocenters. The van der Waals surface area contributed by atoms with E-state index < -0.39 is 5.92 Å². The first-order chi connectivity index (χ1) is 16.2. The highest BCUT2D eigenvalue weighted by Gasteiger charge is 2.39. The van der Waals surface area contributed by atoms with E-state index in [9.17, 15) is 9.90 Å². The zero-order valence-corrected chi connectivity index (χ0v) is 18.7. The molecule has 3 aromatic rings. The lowest BCUT2D eigenvalue weighted by molar-refractivity contribution is -0.137. The van der Waals surface area contributed by atoms with Gasteiger partial charge in [-0.3, -0.25) is 9.69 Å². The topological polar surface area (TPSA) is 59.0 Å². The fourth-order valence-electron chi connectivity index (χ4n) is 4.96. The summed E-state index contributed by atoms with van der Waals surface area (Å²) in [5.41, 5.74) is 2.81. The minimum atomic E-state index is -0.464. The van der Waals surface area contributed by atoms with Crippen LogP contribution in [0.1, 0.15) is 47.8 Å². The molecule has 0 saturated carbocycles. The number of carbonyl (C=O) groups excluding carboxylic acids is 1. The van der Waals surface area contributed by atoms with E-state index in [0.29, 0.717) is 12.4 Å². The van der Waals surface area contributed by atoms with Gasteiger partial charge < -0.3 is 14.6 Å². The molecule has 33 heavy (non-hydrogen) atoms. The maximum Gasteiger partial charge on any atom is 0.319 e. The molecule has 0 radical (unpaired) electrons. The number of esters is 1. The van der Waals surface area contributed by atoms with Crippen LogP contribution in [0.25, 0.3) is 0 Å². The number of rotatable bonds is 6. The molecule has 0 amide bonds. The van der Waals surface area contributed by atoms with Gasteiger partial charge in [-0.05, 0) is 55.3 Å². The summed E-state index contributed by atoms with van der Waals surface area (Å²) >= 11 is 0. The van der Waals surface area contributed by atoms with E-state index in [-0.39, 0.29) is 17.6 Å². The fourth-order valence-corrected chi connectivity index (χ4v) is 4.96. The Bertz CT molecular complexity index is 1090. The number of carbonyl (C=O) groups is 1. The molecule has 2 heterocycles. The van der Waals surface area contributed by atoms with Crippen LogP contribution in [0.2, 0.25) is 0 Å². The van der Waals surface area contributed by atoms with E-state index >= 15 is 0 Å². The molecule has 5 rings (SSSR count). The van der Waals surface area contributed by atoms with Crippen molar-refractivity contribution < 1.29 is 19.4 Å². The molecule has 1 N–H and O–H groups in total. The third kappa shape index (κ3) is 4.74. The zero-order chi connectivity index (χ0) is 22.6. The number of piperidine rings is 1. The van der Waals surface area contributed by atoms with Gasteiger partial charge in [0.05, 0.1) is 5.92 Å². The molecule has 0 aromatic heterocycles. The van der Waals surface area contributed by atoms with Crippen LogP contribution in [0.5, 0.6) is 17.2 Å². The van der Waals surface area contributed by atoms with Crippen LogP contribution in [-0.2, 0) is 4.79 Å². The highest BCUT2D eigenvalue weighted by atomic mass is 16.5. The minimum Gasteiger partial charge on any atom is -0.508 e. The number of nitrogens with zero attached hydrogens (tertiary/aromatic N) is 1. The Morgan fingerprint density at radius 2 is 1.61 bits per heavy atom. The van der Waals surface area contributed by atoms with Crippen molar-refractivity contribution in [1.29, 1.82) is 0 Å². The maximum atomic E-state index is 13.1. The Hall–Kier alpha value is -3.31. The van der Waals surface area contributed by atoms with Crippen molar-refractivity contribution in [3.05, 3.63) is 89.5 Å². The number of phenolic OH excluding ortho intramolecular Hbond substituents is 1. The zero-order valence-electron chi connectivity index (χ0n) is 18.7. The number of hydrogen-bond donors (Lipinski definition) is 1. The molecular formula is C28H29NO4. The van der Waals surface area contributed by atoms with E-state index in [1.165, 1.54) is 25.3 Å². The molecular weight excluding hydrogens is 414 g/mol. The first kappa shape index (κ1) is 21.5. The third-order valence-corrected chi connectivity index (χ3v) is 6.65. The lowest BCUT2D eigenvalue weighted by atomic mass is 9.75. The van der Waals surface area contributed by atoms with Gasteiger partial charge in [-0.2, -0.15) is 0 Å². The Balaban J connectivity index is 1.39. The van der Waals surface area contributed by atoms with Crippen molar-refractivity contribution >= 4 is 5.97 Å². The molecule has 0 spiro atoms. The smallest absolute Gasteiger partial charge is 0.319 e. The first-order valence-electron chi connectivity index (χ1n) is 11.7. The Labute approximate surface area is 194 Å². The van der Waals surface area contributed by atoms with Crippen molar-refractivity contribution in [1.82, 2.24) is 4.90 Å². The summed E-state index contributed by atoms with van der Waals surface area (Å²) in [5.74, 6) is 0.332. The Kier molecular flexibility index (Phi) is 6.31. The molecule has 2 aliphatic rings. The number of hydrogen-bond acceptors (Lipinski definition) is 5. The molecule has 0 aliphatic carbocycles. The predicted octanol–water partition coefficient (Wildman–Crippen LogP) is 5.09. The summed E-state index contributed by atoms with van der Waals surface area (Å²) in [6.45, 7) is 3.94. The van der Waals surface area contributed by atoms with Gasteiger partial charge in [0.1, 0.15) is 23.9 Å². The average molecular weight is 444 g/mol. The van der Waals surface area contributed by atoms with Crippen LogP contribution >= 0.6 is 0 Å². The van der Waals surface area contributed by atoms with Gasteiger partial charge >= 0.3 is 5.97 Å². The largest absolute Gasteiger partial charge is 0.508 e. The van der Waals surface area contributed by atoms with Crippen LogP contribution in [0, 0.1) is 0 Å². The minimum absolute atomic E-state index is 0.0796. The fraction of sp³-hybridized carbons (Fsp3) is 0.321. The quantitative estimate of drug-likeness (QED) is 0.425. The highest BCUT2D eigenvalue weighted by molar-refractivity contribution is 5.85. The van der Waals surface area contributed by atoms with Crippen molar-refractivity contribution in [2.45, 2.75) is 31.1 Å². The standard InChI is InChI=1S/C28H29NO4/c30-22-11-14-24-25(19-22)33-28(31)27(20-7-3-1-4-8-20)26(24)21-9-12-23(13-10-21)32-18-17-29-15-5-2-6-16-29/h1,3-4,7-14,19,26-27,30H,2,5-6,15-18H2. The molecule has 2 unspecified atom stereocenters. The number of fused-ring (bicyclic) bond motifs is 1. The summed E-state index contributed by atoms with van der Waals surface area (Å²) in [4.78, 5) is 15.5. The normalized spacial score (nSPS) is 20.7. The maximum absolute atomic E-state index is 13.1. The molecule has 1 fully saturated rings. The van der Waals surface area contributed by atoms with Crippen molar-refractivity contribution in [3.8, 4) is 17.2 Å². The van der Waals surface area contributed by atoms with E-state index in [1.807, 2.05) is 60.7 Å². The summed E-state index contributed by atoms with van der Waals surface area (Å²) < 4.78 is 11.6. The molecule has 170 valence electrons. The van der Waals surface area contributed by atoms with E-state index in [4.69, 9.17) is 9.47 Å². The second kappa shape index (κ2) is 9.67. The second-order valence-electron chi connectivity index (χ2n) is 8.83. The van der Waals surface area contributed by atoms with Crippen LogP contribution in [0.15, 0.2) is 72.8 Å². The predicted molar refractivity (Wildman–Crippen MR) is 127 cm³/mol. The monoisotopic (exact) mass is 443 g/mol. The van der Waals surface area contributed by atoms with Crippen LogP contribution in [0.4, 0.5) is 0 Å². The van der Waals surface area contributed by atoms with E-state index in [2.05, 4.69) is 4.90 Å². The summed E-state index contributed by atoms with van der Waals surface area (Å²) in [7, 11) is 0. The molecule has 3 aromatic carbocycles. The van der Waals surface area contributed by atoms with E-state index in [1.54, 1.807) is 6.07 Å². The summed E-state index contributed by atoms with van der Waals surface area (Å²) in [5, 5.41) is 9.92. The first-order valence-corrected chi connectivity index (χ1v) is 11.7. The lowest BCUT2D eigenvalue weighted by Crippen LogP contribution is -2.33. The van der Waals surface area contributed by atoms with Crippen LogP contribution in [0.3, 0.4) is 0 Å². The number of benzene rings is 3. The summed E-state index contributed by atoms with van der Waals surface area (Å²) in [6.07, 6.45) is 3.89. The van der Waals surface area contributed by atoms with Gasteiger partial charge in [-0.1, -0.05) is 55.0 Å². The molecule has 5 heteroatoms. The lowest BCUT2D eigenvalue weighted by Gasteiger charge is -2.32. The Morgan fingerprint density at radius 1 is 0.879 bits per heavy atom. The van der Waals surface area contributed by atoms with Crippen molar-refractivity contribution in [3.63, 3.8) is 0 Å². The molecule has 1 saturated heterocycles. The SMILES string of the molecule is O=C1Oc2cc(O)ccc2C(c2ccc(OCCN3CCCCC3)cc2)C1c1ccccc1. The highest BCUT2D eigenvalue weighted by Crippen LogP contribution is 2.47. The Morgan fingerprint density at radius 3 is 2.36 bits per heavy atom. The summed E-state index contributed by atoms with van der Waals surface area (Å²) in [6, 6.07) is 22.8. The van der Waals surface area contributed by atoms with Gasteiger partial charge in [-0.15, -0.1) is 0 Å². The van der Waals surface area contributed by atoms with Crippen LogP contribution in [-0.4, -0.2) is 42.2 Å². The van der Waals surface area contributed by atoms with Gasteiger partial charge in [-0.25, -0.2) is 0 Å². The van der Waals surface area contributed by atoms with Gasteiger partial charge in [0.2, 0.25) is 0 Å². The van der Waals surface area contributed by atoms with Gasteiger partial charge in [0.15, 0.2) is 0 Å². The van der Waals surface area contributed by atoms with Crippen molar-refractivity contribution in [2.75, 3.05) is 26.2 Å². The second-order valence-corrected chi connectivity index (χ2v) is 8.83. The van der Waals surface area contributed by atoms with Crippen LogP contribution < -0.4 is 9.47 Å². The average Bonchev–Trinajstić information content (AvgIpc) is 2.85. The van der Waals surface area contributed by atoms with Gasteiger partial charge in [0, 0.05) is 24.1 Å². The number of likely N-dealkylation sites (tertiary alicyclic amines) is 1. The number of ether oxygens (including phenoxy) is 2. The van der Waals surface area contributed by atoms with Crippen molar-refractivity contribution in [2.24, 2.45) is 0 Å². The third-order valence-electron chi connectivity index (χ3n) is 6.65.